The van der Waals surface area contributed by atoms with Crippen molar-refractivity contribution >= 4 is 28.8 Å². The first-order chi connectivity index (χ1) is 11.1. The second-order valence-corrected chi connectivity index (χ2v) is 6.16. The van der Waals surface area contributed by atoms with Crippen LogP contribution in [0, 0.1) is 5.82 Å². The molecule has 0 spiro atoms. The lowest BCUT2D eigenvalue weighted by molar-refractivity contribution is 0.0713. The predicted molar refractivity (Wildman–Crippen MR) is 88.0 cm³/mol. The van der Waals surface area contributed by atoms with E-state index in [0.29, 0.717) is 12.3 Å². The molecule has 1 aromatic carbocycles. The molecular formula is C17H13ClFNO2S. The summed E-state index contributed by atoms with van der Waals surface area (Å²) >= 11 is 7.57. The summed E-state index contributed by atoms with van der Waals surface area (Å²) in [6.07, 6.45) is 1.54. The van der Waals surface area contributed by atoms with Crippen LogP contribution in [0.15, 0.2) is 57.8 Å². The van der Waals surface area contributed by atoms with Gasteiger partial charge in [0, 0.05) is 6.54 Å². The Balaban J connectivity index is 1.91. The number of rotatable bonds is 5. The molecule has 6 heteroatoms. The smallest absolute Gasteiger partial charge is 0.259 e. The molecule has 0 aliphatic carbocycles. The SMILES string of the molecule is O=C(c1c(F)cccc1Cl)N(Cc1ccsc1)Cc1ccco1. The molecule has 3 rings (SSSR count). The number of carbonyl (C=O) groups is 1. The molecule has 3 nitrogen and oxygen atoms in total. The van der Waals surface area contributed by atoms with Gasteiger partial charge in [0.25, 0.3) is 5.91 Å². The van der Waals surface area contributed by atoms with E-state index in [4.69, 9.17) is 16.0 Å². The summed E-state index contributed by atoms with van der Waals surface area (Å²) in [5.41, 5.74) is 0.860. The highest BCUT2D eigenvalue weighted by molar-refractivity contribution is 7.07. The van der Waals surface area contributed by atoms with Crippen LogP contribution < -0.4 is 0 Å². The van der Waals surface area contributed by atoms with Crippen LogP contribution in [0.1, 0.15) is 21.7 Å². The molecule has 118 valence electrons. The van der Waals surface area contributed by atoms with Crippen molar-refractivity contribution < 1.29 is 13.6 Å². The van der Waals surface area contributed by atoms with Crippen molar-refractivity contribution in [2.45, 2.75) is 13.1 Å². The van der Waals surface area contributed by atoms with Gasteiger partial charge in [-0.05, 0) is 46.7 Å². The average molecular weight is 350 g/mol. The monoisotopic (exact) mass is 349 g/mol. The number of carbonyl (C=O) groups excluding carboxylic acids is 1. The van der Waals surface area contributed by atoms with E-state index in [-0.39, 0.29) is 17.1 Å². The van der Waals surface area contributed by atoms with Gasteiger partial charge in [0.15, 0.2) is 0 Å². The number of nitrogens with zero attached hydrogens (tertiary/aromatic N) is 1. The molecule has 0 aliphatic rings. The Morgan fingerprint density at radius 2 is 2.09 bits per heavy atom. The zero-order valence-corrected chi connectivity index (χ0v) is 13.6. The van der Waals surface area contributed by atoms with Crippen molar-refractivity contribution in [3.05, 3.63) is 81.1 Å². The molecule has 0 fully saturated rings. The van der Waals surface area contributed by atoms with Gasteiger partial charge >= 0.3 is 0 Å². The Morgan fingerprint density at radius 1 is 1.22 bits per heavy atom. The Morgan fingerprint density at radius 3 is 2.74 bits per heavy atom. The van der Waals surface area contributed by atoms with Gasteiger partial charge < -0.3 is 9.32 Å². The van der Waals surface area contributed by atoms with Gasteiger partial charge in [-0.1, -0.05) is 17.7 Å². The van der Waals surface area contributed by atoms with Crippen molar-refractivity contribution in [2.75, 3.05) is 0 Å². The third-order valence-corrected chi connectivity index (χ3v) is 4.39. The highest BCUT2D eigenvalue weighted by atomic mass is 35.5. The van der Waals surface area contributed by atoms with Gasteiger partial charge in [-0.25, -0.2) is 4.39 Å². The predicted octanol–water partition coefficient (Wildman–Crippen LogP) is 4.98. The molecule has 0 unspecified atom stereocenters. The largest absolute Gasteiger partial charge is 0.467 e. The van der Waals surface area contributed by atoms with Gasteiger partial charge in [0.2, 0.25) is 0 Å². The van der Waals surface area contributed by atoms with Crippen LogP contribution in [0.5, 0.6) is 0 Å². The zero-order chi connectivity index (χ0) is 16.2. The second-order valence-electron chi connectivity index (χ2n) is 4.97. The fourth-order valence-corrected chi connectivity index (χ4v) is 3.16. The molecule has 0 radical (unpaired) electrons. The van der Waals surface area contributed by atoms with E-state index in [9.17, 15) is 9.18 Å². The maximum Gasteiger partial charge on any atom is 0.259 e. The third kappa shape index (κ3) is 3.63. The number of thiophene rings is 1. The molecule has 0 saturated heterocycles. The lowest BCUT2D eigenvalue weighted by Gasteiger charge is -2.22. The van der Waals surface area contributed by atoms with Crippen molar-refractivity contribution in [1.29, 1.82) is 0 Å². The number of hydrogen-bond donors (Lipinski definition) is 0. The van der Waals surface area contributed by atoms with Crippen molar-refractivity contribution in [2.24, 2.45) is 0 Å². The Kier molecular flexibility index (Phi) is 4.79. The Bertz CT molecular complexity index is 731. The summed E-state index contributed by atoms with van der Waals surface area (Å²) in [6, 6.07) is 9.66. The molecule has 2 heterocycles. The minimum absolute atomic E-state index is 0.102. The quantitative estimate of drug-likeness (QED) is 0.651. The van der Waals surface area contributed by atoms with E-state index in [2.05, 4.69) is 0 Å². The van der Waals surface area contributed by atoms with Gasteiger partial charge in [-0.3, -0.25) is 4.79 Å². The highest BCUT2D eigenvalue weighted by Gasteiger charge is 2.23. The second kappa shape index (κ2) is 6.98. The first kappa shape index (κ1) is 15.8. The molecule has 0 atom stereocenters. The van der Waals surface area contributed by atoms with E-state index in [1.807, 2.05) is 16.8 Å². The number of halogens is 2. The Hall–Kier alpha value is -2.11. The van der Waals surface area contributed by atoms with Crippen molar-refractivity contribution in [1.82, 2.24) is 4.90 Å². The standard InChI is InChI=1S/C17H13ClFNO2S/c18-14-4-1-5-15(19)16(14)17(21)20(9-12-6-8-23-11-12)10-13-3-2-7-22-13/h1-8,11H,9-10H2. The van der Waals surface area contributed by atoms with Crippen LogP contribution in [0.3, 0.4) is 0 Å². The van der Waals surface area contributed by atoms with Gasteiger partial charge in [-0.2, -0.15) is 11.3 Å². The highest BCUT2D eigenvalue weighted by Crippen LogP contribution is 2.23. The van der Waals surface area contributed by atoms with Crippen molar-refractivity contribution in [3.63, 3.8) is 0 Å². The van der Waals surface area contributed by atoms with Gasteiger partial charge in [0.1, 0.15) is 11.6 Å². The fourth-order valence-electron chi connectivity index (χ4n) is 2.25. The molecule has 2 aromatic heterocycles. The van der Waals surface area contributed by atoms with Crippen LogP contribution in [-0.4, -0.2) is 10.8 Å². The molecule has 0 bridgehead atoms. The first-order valence-corrected chi connectivity index (χ1v) is 8.24. The summed E-state index contributed by atoms with van der Waals surface area (Å²) in [5.74, 6) is -0.464. The first-order valence-electron chi connectivity index (χ1n) is 6.92. The lowest BCUT2D eigenvalue weighted by Crippen LogP contribution is -2.30. The molecular weight excluding hydrogens is 337 g/mol. The van der Waals surface area contributed by atoms with Crippen LogP contribution in [0.2, 0.25) is 5.02 Å². The van der Waals surface area contributed by atoms with E-state index >= 15 is 0 Å². The van der Waals surface area contributed by atoms with Crippen LogP contribution in [0.25, 0.3) is 0 Å². The Labute approximate surface area is 141 Å². The maximum absolute atomic E-state index is 14.1. The lowest BCUT2D eigenvalue weighted by atomic mass is 10.1. The number of benzene rings is 1. The third-order valence-electron chi connectivity index (χ3n) is 3.34. The summed E-state index contributed by atoms with van der Waals surface area (Å²) < 4.78 is 19.4. The number of furan rings is 1. The van der Waals surface area contributed by atoms with Crippen molar-refractivity contribution in [3.8, 4) is 0 Å². The average Bonchev–Trinajstić information content (AvgIpc) is 3.20. The van der Waals surface area contributed by atoms with Crippen LogP contribution >= 0.6 is 22.9 Å². The fraction of sp³-hybridized carbons (Fsp3) is 0.118. The van der Waals surface area contributed by atoms with E-state index in [1.54, 1.807) is 29.7 Å². The van der Waals surface area contributed by atoms with Crippen LogP contribution in [-0.2, 0) is 13.1 Å². The molecule has 3 aromatic rings. The molecule has 0 saturated carbocycles. The van der Waals surface area contributed by atoms with E-state index < -0.39 is 11.7 Å². The minimum atomic E-state index is -0.628. The molecule has 0 aliphatic heterocycles. The maximum atomic E-state index is 14.1. The molecule has 0 N–H and O–H groups in total. The normalized spacial score (nSPS) is 10.7. The van der Waals surface area contributed by atoms with E-state index in [1.165, 1.54) is 23.1 Å². The summed E-state index contributed by atoms with van der Waals surface area (Å²) in [7, 11) is 0. The zero-order valence-electron chi connectivity index (χ0n) is 12.0. The molecule has 23 heavy (non-hydrogen) atoms. The van der Waals surface area contributed by atoms with Gasteiger partial charge in [0.05, 0.1) is 23.4 Å². The number of amides is 1. The minimum Gasteiger partial charge on any atom is -0.467 e. The van der Waals surface area contributed by atoms with E-state index in [0.717, 1.165) is 5.56 Å². The number of hydrogen-bond acceptors (Lipinski definition) is 3. The van der Waals surface area contributed by atoms with Gasteiger partial charge in [-0.15, -0.1) is 0 Å². The van der Waals surface area contributed by atoms with Crippen LogP contribution in [0.4, 0.5) is 4.39 Å². The summed E-state index contributed by atoms with van der Waals surface area (Å²) in [5, 5.41) is 3.98. The summed E-state index contributed by atoms with van der Waals surface area (Å²) in [4.78, 5) is 14.3. The summed E-state index contributed by atoms with van der Waals surface area (Å²) in [6.45, 7) is 0.597. The molecule has 1 amide bonds. The topological polar surface area (TPSA) is 33.5 Å².